The van der Waals surface area contributed by atoms with E-state index in [9.17, 15) is 0 Å². The van der Waals surface area contributed by atoms with Crippen LogP contribution >= 0.6 is 0 Å². The molecule has 0 saturated carbocycles. The molecule has 0 aliphatic rings. The summed E-state index contributed by atoms with van der Waals surface area (Å²) in [6, 6.07) is 56.1. The van der Waals surface area contributed by atoms with Gasteiger partial charge in [0.15, 0.2) is 0 Å². The standard InChI is InChI=1S/C44H31N/c1-28-18-19-31-26-34(21-20-30(31)24-28)44-38-15-5-3-13-36(38)43(37-14-4-6-16-39(37)44)33-11-9-10-29(25-33)32-22-23-42-40(27-32)35-12-7-8-17-41(35)45(42)2/h3-27H,1-2H3. The van der Waals surface area contributed by atoms with Crippen molar-refractivity contribution < 1.29 is 0 Å². The Hall–Kier alpha value is -5.66. The molecule has 1 heteroatoms. The van der Waals surface area contributed by atoms with Crippen molar-refractivity contribution in [1.82, 2.24) is 4.57 Å². The second-order valence-corrected chi connectivity index (χ2v) is 12.3. The zero-order valence-electron chi connectivity index (χ0n) is 25.4. The van der Waals surface area contributed by atoms with E-state index >= 15 is 0 Å². The first-order chi connectivity index (χ1) is 22.1. The van der Waals surface area contributed by atoms with Crippen molar-refractivity contribution in [2.45, 2.75) is 6.92 Å². The third-order valence-electron chi connectivity index (χ3n) is 9.61. The smallest absolute Gasteiger partial charge is 0.0489 e. The molecule has 0 amide bonds. The summed E-state index contributed by atoms with van der Waals surface area (Å²) >= 11 is 0. The van der Waals surface area contributed by atoms with Gasteiger partial charge in [-0.25, -0.2) is 0 Å². The average Bonchev–Trinajstić information content (AvgIpc) is 3.38. The molecule has 212 valence electrons. The number of aryl methyl sites for hydroxylation is 2. The quantitative estimate of drug-likeness (QED) is 0.185. The Kier molecular flexibility index (Phi) is 5.70. The minimum atomic E-state index is 1.23. The second kappa shape index (κ2) is 9.94. The Labute approximate surface area is 262 Å². The number of para-hydroxylation sites is 1. The molecule has 0 bridgehead atoms. The summed E-state index contributed by atoms with van der Waals surface area (Å²) in [7, 11) is 2.16. The van der Waals surface area contributed by atoms with Gasteiger partial charge in [-0.2, -0.15) is 0 Å². The largest absolute Gasteiger partial charge is 0.344 e. The predicted octanol–water partition coefficient (Wildman–Crippen LogP) is 12.1. The van der Waals surface area contributed by atoms with E-state index in [4.69, 9.17) is 0 Å². The van der Waals surface area contributed by atoms with Gasteiger partial charge < -0.3 is 4.57 Å². The van der Waals surface area contributed by atoms with Gasteiger partial charge in [-0.1, -0.05) is 127 Å². The highest BCUT2D eigenvalue weighted by Gasteiger charge is 2.17. The number of aromatic nitrogens is 1. The zero-order chi connectivity index (χ0) is 30.1. The summed E-state index contributed by atoms with van der Waals surface area (Å²) in [5, 5.41) is 10.2. The van der Waals surface area contributed by atoms with Gasteiger partial charge in [-0.15, -0.1) is 0 Å². The summed E-state index contributed by atoms with van der Waals surface area (Å²) in [6.07, 6.45) is 0. The minimum absolute atomic E-state index is 1.23. The van der Waals surface area contributed by atoms with Crippen molar-refractivity contribution in [3.63, 3.8) is 0 Å². The maximum atomic E-state index is 2.37. The lowest BCUT2D eigenvalue weighted by atomic mass is 9.85. The molecule has 1 heterocycles. The number of fused-ring (bicyclic) bond motifs is 6. The lowest BCUT2D eigenvalue weighted by Gasteiger charge is -2.18. The summed E-state index contributed by atoms with van der Waals surface area (Å²) in [4.78, 5) is 0. The molecule has 0 aliphatic heterocycles. The predicted molar refractivity (Wildman–Crippen MR) is 194 cm³/mol. The van der Waals surface area contributed by atoms with Gasteiger partial charge >= 0.3 is 0 Å². The van der Waals surface area contributed by atoms with Crippen LogP contribution in [0.25, 0.3) is 87.5 Å². The molecule has 0 fully saturated rings. The Bertz CT molecular complexity index is 2560. The molecular weight excluding hydrogens is 542 g/mol. The van der Waals surface area contributed by atoms with E-state index in [0.29, 0.717) is 0 Å². The number of nitrogens with zero attached hydrogens (tertiary/aromatic N) is 1. The second-order valence-electron chi connectivity index (χ2n) is 12.3. The van der Waals surface area contributed by atoms with E-state index in [0.717, 1.165) is 0 Å². The normalized spacial score (nSPS) is 11.8. The molecule has 0 unspecified atom stereocenters. The van der Waals surface area contributed by atoms with Gasteiger partial charge in [0, 0.05) is 28.9 Å². The first-order valence-electron chi connectivity index (χ1n) is 15.7. The SMILES string of the molecule is Cc1ccc2cc(-c3c4ccccc4c(-c4cccc(-c5ccc6c(c5)c5ccccc5n6C)c4)c4ccccc34)ccc2c1. The molecule has 9 rings (SSSR count). The summed E-state index contributed by atoms with van der Waals surface area (Å²) in [6.45, 7) is 2.16. The van der Waals surface area contributed by atoms with Crippen LogP contribution < -0.4 is 0 Å². The van der Waals surface area contributed by atoms with Crippen LogP contribution in [-0.2, 0) is 7.05 Å². The van der Waals surface area contributed by atoms with Crippen LogP contribution in [0.1, 0.15) is 5.56 Å². The molecule has 9 aromatic rings. The molecule has 45 heavy (non-hydrogen) atoms. The molecule has 0 saturated heterocycles. The van der Waals surface area contributed by atoms with Crippen molar-refractivity contribution >= 4 is 54.1 Å². The minimum Gasteiger partial charge on any atom is -0.344 e. The summed E-state index contributed by atoms with van der Waals surface area (Å²) in [5.41, 5.74) is 11.3. The topological polar surface area (TPSA) is 4.93 Å². The summed E-state index contributed by atoms with van der Waals surface area (Å²) < 4.78 is 2.29. The maximum absolute atomic E-state index is 2.37. The Morgan fingerprint density at radius 2 is 0.867 bits per heavy atom. The monoisotopic (exact) mass is 573 g/mol. The molecule has 0 aliphatic carbocycles. The maximum Gasteiger partial charge on any atom is 0.0489 e. The van der Waals surface area contributed by atoms with Gasteiger partial charge in [0.2, 0.25) is 0 Å². The summed E-state index contributed by atoms with van der Waals surface area (Å²) in [5.74, 6) is 0. The number of benzene rings is 8. The molecule has 1 nitrogen and oxygen atoms in total. The van der Waals surface area contributed by atoms with Gasteiger partial charge in [0.25, 0.3) is 0 Å². The Morgan fingerprint density at radius 1 is 0.356 bits per heavy atom. The van der Waals surface area contributed by atoms with Crippen LogP contribution in [0.2, 0.25) is 0 Å². The van der Waals surface area contributed by atoms with E-state index in [1.54, 1.807) is 0 Å². The van der Waals surface area contributed by atoms with Crippen molar-refractivity contribution in [3.8, 4) is 33.4 Å². The first-order valence-corrected chi connectivity index (χ1v) is 15.7. The van der Waals surface area contributed by atoms with E-state index < -0.39 is 0 Å². The molecule has 1 aromatic heterocycles. The van der Waals surface area contributed by atoms with Crippen LogP contribution in [-0.4, -0.2) is 4.57 Å². The van der Waals surface area contributed by atoms with Crippen LogP contribution in [0.4, 0.5) is 0 Å². The van der Waals surface area contributed by atoms with Crippen molar-refractivity contribution in [3.05, 3.63) is 157 Å². The highest BCUT2D eigenvalue weighted by Crippen LogP contribution is 2.45. The fraction of sp³-hybridized carbons (Fsp3) is 0.0455. The Morgan fingerprint density at radius 3 is 1.58 bits per heavy atom. The van der Waals surface area contributed by atoms with Gasteiger partial charge in [0.1, 0.15) is 0 Å². The van der Waals surface area contributed by atoms with Gasteiger partial charge in [0.05, 0.1) is 0 Å². The highest BCUT2D eigenvalue weighted by molar-refractivity contribution is 6.22. The lowest BCUT2D eigenvalue weighted by Crippen LogP contribution is -1.91. The average molecular weight is 574 g/mol. The molecule has 0 atom stereocenters. The van der Waals surface area contributed by atoms with E-state index in [1.165, 1.54) is 93.1 Å². The van der Waals surface area contributed by atoms with E-state index in [-0.39, 0.29) is 0 Å². The van der Waals surface area contributed by atoms with E-state index in [2.05, 4.69) is 170 Å². The Balaban J connectivity index is 1.27. The first kappa shape index (κ1) is 25.8. The highest BCUT2D eigenvalue weighted by atomic mass is 14.9. The number of hydrogen-bond donors (Lipinski definition) is 0. The fourth-order valence-corrected chi connectivity index (χ4v) is 7.47. The van der Waals surface area contributed by atoms with Crippen LogP contribution in [0, 0.1) is 6.92 Å². The van der Waals surface area contributed by atoms with Crippen molar-refractivity contribution in [1.29, 1.82) is 0 Å². The molecule has 0 radical (unpaired) electrons. The van der Waals surface area contributed by atoms with E-state index in [1.807, 2.05) is 0 Å². The van der Waals surface area contributed by atoms with Gasteiger partial charge in [-0.05, 0) is 103 Å². The number of hydrogen-bond acceptors (Lipinski definition) is 0. The fourth-order valence-electron chi connectivity index (χ4n) is 7.47. The van der Waals surface area contributed by atoms with Crippen molar-refractivity contribution in [2.75, 3.05) is 0 Å². The number of rotatable bonds is 3. The third kappa shape index (κ3) is 4.01. The molecular formula is C44H31N. The molecule has 0 spiro atoms. The zero-order valence-corrected chi connectivity index (χ0v) is 25.4. The molecule has 8 aromatic carbocycles. The molecule has 0 N–H and O–H groups in total. The lowest BCUT2D eigenvalue weighted by molar-refractivity contribution is 1.01. The van der Waals surface area contributed by atoms with Crippen molar-refractivity contribution in [2.24, 2.45) is 7.05 Å². The van der Waals surface area contributed by atoms with Crippen LogP contribution in [0.3, 0.4) is 0 Å². The van der Waals surface area contributed by atoms with Crippen LogP contribution in [0.15, 0.2) is 152 Å². The van der Waals surface area contributed by atoms with Crippen LogP contribution in [0.5, 0.6) is 0 Å². The third-order valence-corrected chi connectivity index (χ3v) is 9.61. The van der Waals surface area contributed by atoms with Gasteiger partial charge in [-0.3, -0.25) is 0 Å².